The van der Waals surface area contributed by atoms with Crippen molar-refractivity contribution in [3.63, 3.8) is 0 Å². The first-order chi connectivity index (χ1) is 9.20. The highest BCUT2D eigenvalue weighted by molar-refractivity contribution is 7.88. The van der Waals surface area contributed by atoms with E-state index in [9.17, 15) is 8.42 Å². The van der Waals surface area contributed by atoms with Gasteiger partial charge in [0.05, 0.1) is 11.9 Å². The number of hydrogen-bond acceptors (Lipinski definition) is 4. The van der Waals surface area contributed by atoms with E-state index in [0.717, 1.165) is 25.8 Å². The number of methoxy groups -OCH3 is 1. The third-order valence-electron chi connectivity index (χ3n) is 4.34. The summed E-state index contributed by atoms with van der Waals surface area (Å²) >= 11 is 0. The molecular weight excluding hydrogens is 276 g/mol. The topological polar surface area (TPSA) is 58.6 Å². The number of nitrogens with zero attached hydrogens (tertiary/aromatic N) is 1. The number of rotatable bonds is 7. The van der Waals surface area contributed by atoms with E-state index in [0.29, 0.717) is 19.0 Å². The lowest BCUT2D eigenvalue weighted by Gasteiger charge is -2.38. The first-order valence-electron chi connectivity index (χ1n) is 7.44. The zero-order valence-electron chi connectivity index (χ0n) is 13.5. The summed E-state index contributed by atoms with van der Waals surface area (Å²) in [5.74, 6) is 0.400. The van der Waals surface area contributed by atoms with E-state index < -0.39 is 10.0 Å². The van der Waals surface area contributed by atoms with Gasteiger partial charge in [-0.1, -0.05) is 6.92 Å². The first kappa shape index (κ1) is 17.9. The molecule has 0 spiro atoms. The van der Waals surface area contributed by atoms with E-state index in [-0.39, 0.29) is 11.6 Å². The van der Waals surface area contributed by atoms with Crippen molar-refractivity contribution in [2.45, 2.75) is 51.7 Å². The summed E-state index contributed by atoms with van der Waals surface area (Å²) in [6.45, 7) is 8.44. The third-order valence-corrected chi connectivity index (χ3v) is 5.61. The highest BCUT2D eigenvalue weighted by Gasteiger charge is 2.33. The molecular formula is C14H30N2O3S. The molecule has 1 heterocycles. The lowest BCUT2D eigenvalue weighted by atomic mass is 9.85. The molecule has 0 aliphatic carbocycles. The van der Waals surface area contributed by atoms with Crippen molar-refractivity contribution in [2.75, 3.05) is 33.0 Å². The predicted molar refractivity (Wildman–Crippen MR) is 82.3 cm³/mol. The Morgan fingerprint density at radius 3 is 2.60 bits per heavy atom. The van der Waals surface area contributed by atoms with Gasteiger partial charge in [0, 0.05) is 26.2 Å². The minimum Gasteiger partial charge on any atom is -0.377 e. The van der Waals surface area contributed by atoms with Crippen molar-refractivity contribution < 1.29 is 13.2 Å². The second-order valence-electron chi connectivity index (χ2n) is 6.28. The Morgan fingerprint density at radius 1 is 1.45 bits per heavy atom. The van der Waals surface area contributed by atoms with Crippen LogP contribution in [-0.2, 0) is 14.8 Å². The predicted octanol–water partition coefficient (Wildman–Crippen LogP) is 1.45. The van der Waals surface area contributed by atoms with Crippen LogP contribution in [0, 0.1) is 5.92 Å². The SMILES string of the molecule is CCNC(CC1CCCN(S(C)(=O)=O)C1)C(C)(C)OC. The summed E-state index contributed by atoms with van der Waals surface area (Å²) in [5, 5.41) is 3.48. The maximum Gasteiger partial charge on any atom is 0.211 e. The highest BCUT2D eigenvalue weighted by atomic mass is 32.2. The van der Waals surface area contributed by atoms with Crippen LogP contribution >= 0.6 is 0 Å². The van der Waals surface area contributed by atoms with Gasteiger partial charge >= 0.3 is 0 Å². The van der Waals surface area contributed by atoms with Crippen LogP contribution in [0.1, 0.15) is 40.0 Å². The van der Waals surface area contributed by atoms with Crippen LogP contribution in [0.4, 0.5) is 0 Å². The Bertz CT molecular complexity index is 395. The fraction of sp³-hybridized carbons (Fsp3) is 1.00. The first-order valence-corrected chi connectivity index (χ1v) is 9.29. The summed E-state index contributed by atoms with van der Waals surface area (Å²) in [6.07, 6.45) is 4.29. The van der Waals surface area contributed by atoms with Gasteiger partial charge in [-0.15, -0.1) is 0 Å². The minimum absolute atomic E-state index is 0.238. The number of sulfonamides is 1. The van der Waals surface area contributed by atoms with Crippen LogP contribution in [0.15, 0.2) is 0 Å². The van der Waals surface area contributed by atoms with Gasteiger partial charge in [0.15, 0.2) is 0 Å². The lowest BCUT2D eigenvalue weighted by Crippen LogP contribution is -2.50. The summed E-state index contributed by atoms with van der Waals surface area (Å²) in [5.41, 5.74) is -0.247. The van der Waals surface area contributed by atoms with Gasteiger partial charge in [-0.05, 0) is 45.6 Å². The fourth-order valence-corrected chi connectivity index (χ4v) is 3.80. The van der Waals surface area contributed by atoms with Gasteiger partial charge in [-0.2, -0.15) is 0 Å². The van der Waals surface area contributed by atoms with Gasteiger partial charge < -0.3 is 10.1 Å². The van der Waals surface area contributed by atoms with Crippen molar-refractivity contribution in [2.24, 2.45) is 5.92 Å². The van der Waals surface area contributed by atoms with Crippen LogP contribution in [0.5, 0.6) is 0 Å². The number of nitrogens with one attached hydrogen (secondary N) is 1. The van der Waals surface area contributed by atoms with Gasteiger partial charge in [-0.25, -0.2) is 12.7 Å². The number of likely N-dealkylation sites (N-methyl/N-ethyl adjacent to an activating group) is 1. The van der Waals surface area contributed by atoms with E-state index >= 15 is 0 Å². The molecule has 0 amide bonds. The standard InChI is InChI=1S/C14H30N2O3S/c1-6-15-13(14(2,3)19-4)10-12-8-7-9-16(11-12)20(5,17)18/h12-13,15H,6-11H2,1-5H3. The van der Waals surface area contributed by atoms with Crippen LogP contribution in [-0.4, -0.2) is 57.4 Å². The molecule has 0 aromatic carbocycles. The maximum absolute atomic E-state index is 11.7. The monoisotopic (exact) mass is 306 g/mol. The smallest absolute Gasteiger partial charge is 0.211 e. The van der Waals surface area contributed by atoms with Crippen molar-refractivity contribution in [1.29, 1.82) is 0 Å². The largest absolute Gasteiger partial charge is 0.377 e. The van der Waals surface area contributed by atoms with Crippen LogP contribution in [0.2, 0.25) is 0 Å². The lowest BCUT2D eigenvalue weighted by molar-refractivity contribution is -0.0183. The Hall–Kier alpha value is -0.170. The van der Waals surface area contributed by atoms with E-state index in [1.807, 2.05) is 0 Å². The summed E-state index contributed by atoms with van der Waals surface area (Å²) in [7, 11) is -1.34. The quantitative estimate of drug-likeness (QED) is 0.773. The van der Waals surface area contributed by atoms with E-state index in [2.05, 4.69) is 26.1 Å². The number of hydrogen-bond donors (Lipinski definition) is 1. The second kappa shape index (κ2) is 7.20. The molecule has 0 aromatic heterocycles. The molecule has 0 radical (unpaired) electrons. The molecule has 0 aromatic rings. The molecule has 0 bridgehead atoms. The molecule has 1 saturated heterocycles. The van der Waals surface area contributed by atoms with Crippen molar-refractivity contribution in [3.8, 4) is 0 Å². The zero-order valence-corrected chi connectivity index (χ0v) is 14.3. The zero-order chi connectivity index (χ0) is 15.4. The Balaban J connectivity index is 2.69. The molecule has 0 saturated carbocycles. The molecule has 1 aliphatic heterocycles. The van der Waals surface area contributed by atoms with E-state index in [1.54, 1.807) is 11.4 Å². The summed E-state index contributed by atoms with van der Waals surface area (Å²) in [6, 6.07) is 0.238. The summed E-state index contributed by atoms with van der Waals surface area (Å²) < 4.78 is 30.6. The van der Waals surface area contributed by atoms with Crippen molar-refractivity contribution in [3.05, 3.63) is 0 Å². The Labute approximate surface area is 124 Å². The molecule has 1 fully saturated rings. The average Bonchev–Trinajstić information content (AvgIpc) is 2.37. The molecule has 6 heteroatoms. The van der Waals surface area contributed by atoms with E-state index in [4.69, 9.17) is 4.74 Å². The van der Waals surface area contributed by atoms with Gasteiger partial charge in [0.2, 0.25) is 10.0 Å². The van der Waals surface area contributed by atoms with Crippen LogP contribution < -0.4 is 5.32 Å². The minimum atomic E-state index is -3.07. The van der Waals surface area contributed by atoms with Crippen molar-refractivity contribution >= 4 is 10.0 Å². The van der Waals surface area contributed by atoms with Gasteiger partial charge in [-0.3, -0.25) is 0 Å². The van der Waals surface area contributed by atoms with E-state index in [1.165, 1.54) is 6.26 Å². The number of piperidine rings is 1. The Kier molecular flexibility index (Phi) is 6.44. The fourth-order valence-electron chi connectivity index (χ4n) is 2.86. The maximum atomic E-state index is 11.7. The molecule has 5 nitrogen and oxygen atoms in total. The molecule has 120 valence electrons. The molecule has 1 N–H and O–H groups in total. The van der Waals surface area contributed by atoms with Crippen LogP contribution in [0.3, 0.4) is 0 Å². The highest BCUT2D eigenvalue weighted by Crippen LogP contribution is 2.27. The molecule has 20 heavy (non-hydrogen) atoms. The Morgan fingerprint density at radius 2 is 2.10 bits per heavy atom. The average molecular weight is 306 g/mol. The number of ether oxygens (including phenoxy) is 1. The van der Waals surface area contributed by atoms with Crippen LogP contribution in [0.25, 0.3) is 0 Å². The summed E-state index contributed by atoms with van der Waals surface area (Å²) in [4.78, 5) is 0. The molecule has 1 rings (SSSR count). The molecule has 2 unspecified atom stereocenters. The third kappa shape index (κ3) is 4.98. The van der Waals surface area contributed by atoms with Gasteiger partial charge in [0.1, 0.15) is 0 Å². The molecule has 1 aliphatic rings. The van der Waals surface area contributed by atoms with Gasteiger partial charge in [0.25, 0.3) is 0 Å². The second-order valence-corrected chi connectivity index (χ2v) is 8.27. The normalized spacial score (nSPS) is 23.8. The van der Waals surface area contributed by atoms with Crippen molar-refractivity contribution in [1.82, 2.24) is 9.62 Å². The molecule has 2 atom stereocenters.